The average Bonchev–Trinajstić information content (AvgIpc) is 2.84. The minimum atomic E-state index is -3.54. The molecule has 2 rings (SSSR count). The lowest BCUT2D eigenvalue weighted by molar-refractivity contribution is -0.139. The van der Waals surface area contributed by atoms with E-state index >= 15 is 0 Å². The fourth-order valence-corrected chi connectivity index (χ4v) is 3.38. The van der Waals surface area contributed by atoms with E-state index in [2.05, 4.69) is 0 Å². The van der Waals surface area contributed by atoms with Crippen molar-refractivity contribution >= 4 is 39.1 Å². The third-order valence-electron chi connectivity index (χ3n) is 3.79. The van der Waals surface area contributed by atoms with Crippen LogP contribution < -0.4 is 4.90 Å². The Morgan fingerprint density at radius 2 is 1.70 bits per heavy atom. The molecule has 0 bridgehead atoms. The minimum Gasteiger partial charge on any atom is -0.465 e. The topological polar surface area (TPSA) is 90.0 Å². The smallest absolute Gasteiger partial charge is 0.355 e. The molecule has 1 aliphatic heterocycles. The molecule has 0 aromatic heterocycles. The largest absolute Gasteiger partial charge is 0.465 e. The number of benzene rings is 1. The molecule has 0 radical (unpaired) electrons. The van der Waals surface area contributed by atoms with E-state index in [1.165, 1.54) is 49.6 Å². The maximum Gasteiger partial charge on any atom is 0.355 e. The zero-order chi connectivity index (χ0) is 20.4. The van der Waals surface area contributed by atoms with Gasteiger partial charge >= 0.3 is 11.9 Å². The summed E-state index contributed by atoms with van der Waals surface area (Å²) in [5.41, 5.74) is 0.483. The van der Waals surface area contributed by atoms with Gasteiger partial charge in [0.15, 0.2) is 9.84 Å². The van der Waals surface area contributed by atoms with Gasteiger partial charge in [-0.25, -0.2) is 18.0 Å². The number of sulfone groups is 1. The van der Waals surface area contributed by atoms with Gasteiger partial charge < -0.3 is 14.4 Å². The second kappa shape index (κ2) is 7.98. The highest BCUT2D eigenvalue weighted by atomic mass is 35.5. The van der Waals surface area contributed by atoms with Crippen molar-refractivity contribution in [3.63, 3.8) is 0 Å². The van der Waals surface area contributed by atoms with Crippen LogP contribution in [0.15, 0.2) is 52.7 Å². The number of ether oxygens (including phenoxy) is 2. The molecule has 0 unspecified atom stereocenters. The molecule has 0 saturated carbocycles. The standard InChI is InChI=1S/C18H18ClNO6S/c1-11-9-12(27(4,23)24)10-14(15(11)19)20-8-6-5-7-13(17(21)25-2)16(20)18(22)26-3/h5-10H,1-4H3. The predicted octanol–water partition coefficient (Wildman–Crippen LogP) is 2.54. The van der Waals surface area contributed by atoms with E-state index in [1.54, 1.807) is 13.0 Å². The number of esters is 2. The van der Waals surface area contributed by atoms with Crippen LogP contribution in [0.4, 0.5) is 5.69 Å². The number of carbonyl (C=O) groups excluding carboxylic acids is 2. The molecule has 27 heavy (non-hydrogen) atoms. The Labute approximate surface area is 162 Å². The second-order valence-electron chi connectivity index (χ2n) is 5.66. The van der Waals surface area contributed by atoms with Crippen LogP contribution in [0, 0.1) is 6.92 Å². The highest BCUT2D eigenvalue weighted by molar-refractivity contribution is 7.90. The van der Waals surface area contributed by atoms with Crippen molar-refractivity contribution in [3.05, 3.63) is 58.4 Å². The van der Waals surface area contributed by atoms with Crippen LogP contribution in [0.1, 0.15) is 5.56 Å². The summed E-state index contributed by atoms with van der Waals surface area (Å²) in [5.74, 6) is -1.57. The molecule has 0 N–H and O–H groups in total. The van der Waals surface area contributed by atoms with Crippen LogP contribution >= 0.6 is 11.6 Å². The van der Waals surface area contributed by atoms with E-state index in [1.807, 2.05) is 0 Å². The van der Waals surface area contributed by atoms with Gasteiger partial charge in [0, 0.05) is 12.5 Å². The third-order valence-corrected chi connectivity index (χ3v) is 5.37. The van der Waals surface area contributed by atoms with Gasteiger partial charge in [-0.3, -0.25) is 0 Å². The first-order valence-electron chi connectivity index (χ1n) is 7.67. The number of anilines is 1. The molecular weight excluding hydrogens is 394 g/mol. The van der Waals surface area contributed by atoms with Gasteiger partial charge in [0.05, 0.1) is 35.4 Å². The van der Waals surface area contributed by atoms with Gasteiger partial charge in [0.1, 0.15) is 5.70 Å². The Bertz CT molecular complexity index is 991. The molecule has 7 nitrogen and oxygen atoms in total. The first kappa shape index (κ1) is 20.7. The molecule has 9 heteroatoms. The summed E-state index contributed by atoms with van der Waals surface area (Å²) >= 11 is 6.39. The number of methoxy groups -OCH3 is 2. The summed E-state index contributed by atoms with van der Waals surface area (Å²) in [6.07, 6.45) is 7.05. The number of halogens is 1. The molecule has 0 aliphatic carbocycles. The fraction of sp³-hybridized carbons (Fsp3) is 0.222. The molecule has 1 heterocycles. The molecular formula is C18H18ClNO6S. The highest BCUT2D eigenvalue weighted by Crippen LogP contribution is 2.36. The maximum atomic E-state index is 12.5. The van der Waals surface area contributed by atoms with Gasteiger partial charge in [-0.2, -0.15) is 0 Å². The van der Waals surface area contributed by atoms with E-state index in [4.69, 9.17) is 21.1 Å². The quantitative estimate of drug-likeness (QED) is 0.703. The Morgan fingerprint density at radius 3 is 2.26 bits per heavy atom. The number of hydrogen-bond donors (Lipinski definition) is 0. The summed E-state index contributed by atoms with van der Waals surface area (Å²) in [7, 11) is -1.19. The molecule has 0 spiro atoms. The van der Waals surface area contributed by atoms with Gasteiger partial charge in [-0.1, -0.05) is 17.7 Å². The summed E-state index contributed by atoms with van der Waals surface area (Å²) < 4.78 is 33.6. The van der Waals surface area contributed by atoms with Crippen LogP contribution in [0.3, 0.4) is 0 Å². The van der Waals surface area contributed by atoms with Crippen molar-refractivity contribution < 1.29 is 27.5 Å². The van der Waals surface area contributed by atoms with Gasteiger partial charge in [0.25, 0.3) is 0 Å². The summed E-state index contributed by atoms with van der Waals surface area (Å²) in [4.78, 5) is 26.0. The lowest BCUT2D eigenvalue weighted by atomic mass is 10.1. The molecule has 0 atom stereocenters. The second-order valence-corrected chi connectivity index (χ2v) is 8.06. The summed E-state index contributed by atoms with van der Waals surface area (Å²) in [6.45, 7) is 1.64. The van der Waals surface area contributed by atoms with Crippen molar-refractivity contribution in [1.29, 1.82) is 0 Å². The van der Waals surface area contributed by atoms with Crippen molar-refractivity contribution in [1.82, 2.24) is 0 Å². The van der Waals surface area contributed by atoms with E-state index in [0.717, 1.165) is 6.26 Å². The Balaban J connectivity index is 2.84. The fourth-order valence-electron chi connectivity index (χ4n) is 2.46. The number of nitrogens with zero attached hydrogens (tertiary/aromatic N) is 1. The SMILES string of the molecule is COC(=O)C1=C(C(=O)OC)N(c2cc(S(C)(=O)=O)cc(C)c2Cl)C=CC=C1. The number of aryl methyl sites for hydroxylation is 1. The van der Waals surface area contributed by atoms with E-state index in [9.17, 15) is 18.0 Å². The van der Waals surface area contributed by atoms with Crippen molar-refractivity contribution in [2.45, 2.75) is 11.8 Å². The molecule has 0 amide bonds. The molecule has 144 valence electrons. The minimum absolute atomic E-state index is 0.0221. The first-order valence-corrected chi connectivity index (χ1v) is 9.94. The van der Waals surface area contributed by atoms with Gasteiger partial charge in [-0.05, 0) is 36.8 Å². The van der Waals surface area contributed by atoms with Crippen LogP contribution in [0.2, 0.25) is 5.02 Å². The van der Waals surface area contributed by atoms with Crippen LogP contribution in [0.5, 0.6) is 0 Å². The summed E-state index contributed by atoms with van der Waals surface area (Å²) in [5, 5.41) is 0.222. The number of allylic oxidation sites excluding steroid dienone is 2. The molecule has 0 saturated heterocycles. The van der Waals surface area contributed by atoms with Crippen LogP contribution in [0.25, 0.3) is 0 Å². The maximum absolute atomic E-state index is 12.5. The van der Waals surface area contributed by atoms with Crippen LogP contribution in [-0.2, 0) is 28.9 Å². The lowest BCUT2D eigenvalue weighted by Crippen LogP contribution is -2.27. The third kappa shape index (κ3) is 4.23. The molecule has 1 aromatic rings. The Kier molecular flexibility index (Phi) is 6.12. The van der Waals surface area contributed by atoms with Crippen LogP contribution in [-0.4, -0.2) is 40.8 Å². The zero-order valence-corrected chi connectivity index (χ0v) is 16.7. The van der Waals surface area contributed by atoms with E-state index < -0.39 is 21.8 Å². The first-order chi connectivity index (χ1) is 12.6. The highest BCUT2D eigenvalue weighted by Gasteiger charge is 2.29. The molecule has 0 fully saturated rings. The van der Waals surface area contributed by atoms with E-state index in [0.29, 0.717) is 5.56 Å². The number of carbonyl (C=O) groups is 2. The monoisotopic (exact) mass is 411 g/mol. The van der Waals surface area contributed by atoms with E-state index in [-0.39, 0.29) is 26.9 Å². The number of rotatable bonds is 4. The van der Waals surface area contributed by atoms with Gasteiger partial charge in [-0.15, -0.1) is 0 Å². The molecule has 1 aliphatic rings. The number of hydrogen-bond acceptors (Lipinski definition) is 7. The zero-order valence-electron chi connectivity index (χ0n) is 15.1. The average molecular weight is 412 g/mol. The van der Waals surface area contributed by atoms with Gasteiger partial charge in [0.2, 0.25) is 0 Å². The Morgan fingerprint density at radius 1 is 1.07 bits per heavy atom. The molecule has 1 aromatic carbocycles. The van der Waals surface area contributed by atoms with Crippen molar-refractivity contribution in [2.75, 3.05) is 25.4 Å². The van der Waals surface area contributed by atoms with Crippen molar-refractivity contribution in [3.8, 4) is 0 Å². The Hall–Kier alpha value is -2.58. The predicted molar refractivity (Wildman–Crippen MR) is 101 cm³/mol. The van der Waals surface area contributed by atoms with Crippen molar-refractivity contribution in [2.24, 2.45) is 0 Å². The summed E-state index contributed by atoms with van der Waals surface area (Å²) in [6, 6.07) is 2.77. The lowest BCUT2D eigenvalue weighted by Gasteiger charge is -2.25. The normalized spacial score (nSPS) is 14.2.